The summed E-state index contributed by atoms with van der Waals surface area (Å²) in [6.45, 7) is 0.911. The molecule has 6 nitrogen and oxygen atoms in total. The van der Waals surface area contributed by atoms with Crippen LogP contribution in [0.5, 0.6) is 5.75 Å². The van der Waals surface area contributed by atoms with Crippen LogP contribution in [-0.4, -0.2) is 34.5 Å². The van der Waals surface area contributed by atoms with Crippen molar-refractivity contribution >= 4 is 27.3 Å². The van der Waals surface area contributed by atoms with Gasteiger partial charge in [-0.15, -0.1) is 11.3 Å². The minimum atomic E-state index is -3.63. The van der Waals surface area contributed by atoms with Crippen LogP contribution in [0.1, 0.15) is 21.7 Å². The van der Waals surface area contributed by atoms with E-state index in [2.05, 4.69) is 10.0 Å². The van der Waals surface area contributed by atoms with E-state index in [4.69, 9.17) is 4.74 Å². The maximum absolute atomic E-state index is 12.5. The van der Waals surface area contributed by atoms with Crippen molar-refractivity contribution < 1.29 is 17.9 Å². The van der Waals surface area contributed by atoms with Crippen LogP contribution in [0.2, 0.25) is 0 Å². The van der Waals surface area contributed by atoms with Crippen molar-refractivity contribution in [3.8, 4) is 5.75 Å². The summed E-state index contributed by atoms with van der Waals surface area (Å²) in [6.07, 6.45) is 1.55. The molecule has 0 aliphatic carbocycles. The Hall–Kier alpha value is -1.90. The second kappa shape index (κ2) is 7.55. The zero-order valence-electron chi connectivity index (χ0n) is 13.8. The maximum Gasteiger partial charge on any atom is 0.261 e. The molecule has 2 heterocycles. The minimum Gasteiger partial charge on any atom is -0.493 e. The quantitative estimate of drug-likeness (QED) is 0.831. The second-order valence-electron chi connectivity index (χ2n) is 5.89. The number of fused-ring (bicyclic) bond motifs is 1. The average molecular weight is 380 g/mol. The molecule has 2 N–H and O–H groups in total. The molecule has 8 heteroatoms. The number of para-hydroxylation sites is 1. The van der Waals surface area contributed by atoms with Gasteiger partial charge in [0.1, 0.15) is 5.75 Å². The molecule has 0 saturated carbocycles. The van der Waals surface area contributed by atoms with E-state index in [1.807, 2.05) is 24.3 Å². The van der Waals surface area contributed by atoms with Gasteiger partial charge in [0.15, 0.2) is 0 Å². The summed E-state index contributed by atoms with van der Waals surface area (Å²) in [4.78, 5) is 12.1. The first kappa shape index (κ1) is 17.9. The molecule has 1 amide bonds. The number of hydrogen-bond acceptors (Lipinski definition) is 5. The summed E-state index contributed by atoms with van der Waals surface area (Å²) in [5.74, 6) is 0.750. The lowest BCUT2D eigenvalue weighted by molar-refractivity contribution is 0.0967. The van der Waals surface area contributed by atoms with Crippen molar-refractivity contribution in [2.75, 3.05) is 20.2 Å². The van der Waals surface area contributed by atoms with Crippen LogP contribution < -0.4 is 14.8 Å². The van der Waals surface area contributed by atoms with E-state index in [-0.39, 0.29) is 16.7 Å². The van der Waals surface area contributed by atoms with Crippen molar-refractivity contribution in [3.05, 3.63) is 46.2 Å². The molecule has 134 valence electrons. The van der Waals surface area contributed by atoms with Crippen LogP contribution in [0.3, 0.4) is 0 Å². The Morgan fingerprint density at radius 1 is 1.36 bits per heavy atom. The molecular formula is C17H20N2O4S2. The molecule has 1 aliphatic heterocycles. The largest absolute Gasteiger partial charge is 0.493 e. The first-order valence-electron chi connectivity index (χ1n) is 8.00. The van der Waals surface area contributed by atoms with Crippen LogP contribution in [0.4, 0.5) is 0 Å². The van der Waals surface area contributed by atoms with Gasteiger partial charge >= 0.3 is 0 Å². The third-order valence-corrected chi connectivity index (χ3v) is 6.64. The summed E-state index contributed by atoms with van der Waals surface area (Å²) in [6, 6.07) is 9.24. The van der Waals surface area contributed by atoms with Gasteiger partial charge in [-0.2, -0.15) is 0 Å². The number of carbonyl (C=O) groups is 1. The molecule has 0 bridgehead atoms. The molecule has 0 saturated heterocycles. The van der Waals surface area contributed by atoms with Gasteiger partial charge in [-0.05, 0) is 36.5 Å². The number of carbonyl (C=O) groups excluding carboxylic acids is 1. The predicted octanol–water partition coefficient (Wildman–Crippen LogP) is 2.03. The normalized spacial score (nSPS) is 17.2. The summed E-state index contributed by atoms with van der Waals surface area (Å²) in [7, 11) is -2.12. The molecule has 25 heavy (non-hydrogen) atoms. The van der Waals surface area contributed by atoms with Gasteiger partial charge in [-0.3, -0.25) is 4.79 Å². The number of rotatable bonds is 5. The van der Waals surface area contributed by atoms with Crippen LogP contribution in [0, 0.1) is 5.92 Å². The number of amides is 1. The van der Waals surface area contributed by atoms with Crippen LogP contribution in [0.15, 0.2) is 40.6 Å². The summed E-state index contributed by atoms with van der Waals surface area (Å²) in [5, 5.41) is 3.97. The molecule has 1 aromatic heterocycles. The van der Waals surface area contributed by atoms with Gasteiger partial charge in [0.25, 0.3) is 5.91 Å². The van der Waals surface area contributed by atoms with E-state index < -0.39 is 10.0 Å². The third-order valence-electron chi connectivity index (χ3n) is 4.16. The van der Waals surface area contributed by atoms with Crippen molar-refractivity contribution in [3.63, 3.8) is 0 Å². The zero-order valence-corrected chi connectivity index (χ0v) is 15.5. The fourth-order valence-electron chi connectivity index (χ4n) is 2.75. The number of ether oxygens (including phenoxy) is 1. The van der Waals surface area contributed by atoms with E-state index in [9.17, 15) is 13.2 Å². The van der Waals surface area contributed by atoms with Crippen LogP contribution in [0.25, 0.3) is 0 Å². The Balaban J connectivity index is 1.66. The molecule has 3 rings (SSSR count). The Kier molecular flexibility index (Phi) is 5.41. The average Bonchev–Trinajstić information content (AvgIpc) is 3.02. The summed E-state index contributed by atoms with van der Waals surface area (Å²) >= 11 is 1.11. The SMILES string of the molecule is CNC(=O)c1cc(S(=O)(=O)NCC2CCOc3ccccc3C2)cs1. The molecule has 1 aliphatic rings. The Bertz CT molecular complexity index is 861. The molecule has 0 spiro atoms. The number of hydrogen-bond donors (Lipinski definition) is 2. The molecule has 0 fully saturated rings. The molecule has 1 unspecified atom stereocenters. The van der Waals surface area contributed by atoms with Crippen molar-refractivity contribution in [1.29, 1.82) is 0 Å². The van der Waals surface area contributed by atoms with E-state index in [0.29, 0.717) is 18.0 Å². The fraction of sp³-hybridized carbons (Fsp3) is 0.353. The minimum absolute atomic E-state index is 0.126. The fourth-order valence-corrected chi connectivity index (χ4v) is 5.08. The zero-order chi connectivity index (χ0) is 17.9. The topological polar surface area (TPSA) is 84.5 Å². The van der Waals surface area contributed by atoms with E-state index in [1.165, 1.54) is 18.5 Å². The number of benzene rings is 1. The lowest BCUT2D eigenvalue weighted by Gasteiger charge is -2.14. The van der Waals surface area contributed by atoms with Crippen LogP contribution in [-0.2, 0) is 16.4 Å². The van der Waals surface area contributed by atoms with Gasteiger partial charge in [0.2, 0.25) is 10.0 Å². The Morgan fingerprint density at radius 3 is 2.96 bits per heavy atom. The highest BCUT2D eigenvalue weighted by atomic mass is 32.2. The lowest BCUT2D eigenvalue weighted by Crippen LogP contribution is -2.30. The molecule has 1 atom stereocenters. The standard InChI is InChI=1S/C17H20N2O4S2/c1-18-17(20)16-9-14(11-24-16)25(21,22)19-10-12-6-7-23-15-5-3-2-4-13(15)8-12/h2-5,9,11-12,19H,6-8,10H2,1H3,(H,18,20). The molecule has 1 aromatic carbocycles. The van der Waals surface area contributed by atoms with Gasteiger partial charge in [-0.25, -0.2) is 13.1 Å². The summed E-state index contributed by atoms with van der Waals surface area (Å²) in [5.41, 5.74) is 1.10. The number of thiophene rings is 1. The van der Waals surface area contributed by atoms with E-state index in [0.717, 1.165) is 35.5 Å². The Morgan fingerprint density at radius 2 is 2.16 bits per heavy atom. The predicted molar refractivity (Wildman–Crippen MR) is 96.6 cm³/mol. The maximum atomic E-state index is 12.5. The van der Waals surface area contributed by atoms with E-state index in [1.54, 1.807) is 0 Å². The molecular weight excluding hydrogens is 360 g/mol. The Labute approximate surface area is 151 Å². The van der Waals surface area contributed by atoms with Crippen LogP contribution >= 0.6 is 11.3 Å². The van der Waals surface area contributed by atoms with Crippen molar-refractivity contribution in [2.45, 2.75) is 17.7 Å². The van der Waals surface area contributed by atoms with Gasteiger partial charge in [0, 0.05) is 19.0 Å². The van der Waals surface area contributed by atoms with Crippen molar-refractivity contribution in [1.82, 2.24) is 10.0 Å². The van der Waals surface area contributed by atoms with E-state index >= 15 is 0 Å². The number of nitrogens with one attached hydrogen (secondary N) is 2. The highest BCUT2D eigenvalue weighted by Crippen LogP contribution is 2.26. The number of sulfonamides is 1. The third kappa shape index (κ3) is 4.20. The lowest BCUT2D eigenvalue weighted by atomic mass is 9.97. The first-order valence-corrected chi connectivity index (χ1v) is 10.4. The van der Waals surface area contributed by atoms with Gasteiger partial charge in [-0.1, -0.05) is 18.2 Å². The highest BCUT2D eigenvalue weighted by molar-refractivity contribution is 7.89. The monoisotopic (exact) mass is 380 g/mol. The smallest absolute Gasteiger partial charge is 0.261 e. The molecule has 2 aromatic rings. The van der Waals surface area contributed by atoms with Gasteiger partial charge < -0.3 is 10.1 Å². The highest BCUT2D eigenvalue weighted by Gasteiger charge is 2.22. The second-order valence-corrected chi connectivity index (χ2v) is 8.57. The first-order chi connectivity index (χ1) is 12.0. The molecule has 0 radical (unpaired) electrons. The van der Waals surface area contributed by atoms with Gasteiger partial charge in [0.05, 0.1) is 16.4 Å². The van der Waals surface area contributed by atoms with Crippen molar-refractivity contribution in [2.24, 2.45) is 5.92 Å². The summed E-state index contributed by atoms with van der Waals surface area (Å²) < 4.78 is 33.3.